The molecule has 152 valence electrons. The van der Waals surface area contributed by atoms with Gasteiger partial charge in [-0.25, -0.2) is 0 Å². The first-order valence-electron chi connectivity index (χ1n) is 10.7. The molecule has 31 heavy (non-hydrogen) atoms. The predicted octanol–water partition coefficient (Wildman–Crippen LogP) is 4.97. The van der Waals surface area contributed by atoms with Gasteiger partial charge in [0.15, 0.2) is 0 Å². The molecular formula is C26H22BNO3. The topological polar surface area (TPSA) is 40.6 Å². The second-order valence-electron chi connectivity index (χ2n) is 8.17. The van der Waals surface area contributed by atoms with Crippen LogP contribution >= 0.6 is 0 Å². The lowest BCUT2D eigenvalue weighted by molar-refractivity contribution is 0.120. The van der Waals surface area contributed by atoms with Crippen LogP contribution in [0.4, 0.5) is 0 Å². The molecule has 2 aliphatic rings. The van der Waals surface area contributed by atoms with Gasteiger partial charge in [-0.1, -0.05) is 72.8 Å². The summed E-state index contributed by atoms with van der Waals surface area (Å²) in [6.45, 7) is 2.04. The van der Waals surface area contributed by atoms with Gasteiger partial charge >= 0.3 is 7.12 Å². The Morgan fingerprint density at radius 2 is 1.81 bits per heavy atom. The number of ether oxygens (including phenoxy) is 1. The van der Waals surface area contributed by atoms with Crippen LogP contribution in [0.5, 0.6) is 0 Å². The molecule has 1 fully saturated rings. The largest absolute Gasteiger partial charge is 0.495 e. The van der Waals surface area contributed by atoms with Crippen molar-refractivity contribution in [3.8, 4) is 0 Å². The van der Waals surface area contributed by atoms with Gasteiger partial charge in [-0.05, 0) is 28.9 Å². The summed E-state index contributed by atoms with van der Waals surface area (Å²) < 4.78 is 18.5. The standard InChI is InChI=1S/C26H22BNO3/c1-16(29-2)19-8-5-6-10-22(19)27-30-23-14-12-17-11-13-21-20-9-4-3-7-18(20)15-28-25(21)24(17)26(23)31-27/h3-16,23,26H,1-2H3/t16-,23+,26+/m1/s1. The Morgan fingerprint density at radius 1 is 0.968 bits per heavy atom. The van der Waals surface area contributed by atoms with E-state index >= 15 is 0 Å². The van der Waals surface area contributed by atoms with Gasteiger partial charge < -0.3 is 14.0 Å². The summed E-state index contributed by atoms with van der Waals surface area (Å²) in [6.07, 6.45) is 5.79. The van der Waals surface area contributed by atoms with E-state index in [1.165, 1.54) is 5.39 Å². The lowest BCUT2D eigenvalue weighted by Crippen LogP contribution is -2.36. The molecule has 0 spiro atoms. The fraction of sp³-hybridized carbons (Fsp3) is 0.192. The van der Waals surface area contributed by atoms with Crippen LogP contribution in [0.3, 0.4) is 0 Å². The highest BCUT2D eigenvalue weighted by atomic mass is 16.7. The van der Waals surface area contributed by atoms with Crippen molar-refractivity contribution in [2.24, 2.45) is 0 Å². The van der Waals surface area contributed by atoms with Crippen LogP contribution in [0, 0.1) is 0 Å². The summed E-state index contributed by atoms with van der Waals surface area (Å²) >= 11 is 0. The third-order valence-electron chi connectivity index (χ3n) is 6.48. The number of aromatic nitrogens is 1. The zero-order valence-corrected chi connectivity index (χ0v) is 17.5. The number of hydrogen-bond donors (Lipinski definition) is 0. The van der Waals surface area contributed by atoms with Crippen molar-refractivity contribution in [2.75, 3.05) is 7.11 Å². The van der Waals surface area contributed by atoms with Crippen LogP contribution in [-0.2, 0) is 14.0 Å². The lowest BCUT2D eigenvalue weighted by Gasteiger charge is -2.24. The maximum absolute atomic E-state index is 6.56. The Hall–Kier alpha value is -2.99. The molecule has 0 unspecified atom stereocenters. The van der Waals surface area contributed by atoms with E-state index in [1.54, 1.807) is 7.11 Å². The van der Waals surface area contributed by atoms with Gasteiger partial charge in [0.25, 0.3) is 0 Å². The summed E-state index contributed by atoms with van der Waals surface area (Å²) in [6, 6.07) is 20.9. The third-order valence-corrected chi connectivity index (χ3v) is 6.48. The maximum atomic E-state index is 6.56. The number of fused-ring (bicyclic) bond motifs is 7. The van der Waals surface area contributed by atoms with Gasteiger partial charge in [0.05, 0.1) is 23.8 Å². The molecule has 4 aromatic rings. The molecule has 0 radical (unpaired) electrons. The molecule has 4 nitrogen and oxygen atoms in total. The van der Waals surface area contributed by atoms with Gasteiger partial charge in [0, 0.05) is 29.6 Å². The van der Waals surface area contributed by atoms with E-state index in [4.69, 9.17) is 19.0 Å². The van der Waals surface area contributed by atoms with E-state index in [2.05, 4.69) is 54.6 Å². The van der Waals surface area contributed by atoms with Crippen LogP contribution in [0.1, 0.15) is 35.8 Å². The first kappa shape index (κ1) is 18.8. The highest BCUT2D eigenvalue weighted by Gasteiger charge is 2.44. The summed E-state index contributed by atoms with van der Waals surface area (Å²) in [4.78, 5) is 4.85. The molecule has 3 atom stereocenters. The molecule has 2 heterocycles. The summed E-state index contributed by atoms with van der Waals surface area (Å²) in [5.74, 6) is 0. The van der Waals surface area contributed by atoms with Crippen LogP contribution in [-0.4, -0.2) is 25.3 Å². The molecule has 1 aliphatic heterocycles. The van der Waals surface area contributed by atoms with Gasteiger partial charge in [0.2, 0.25) is 0 Å². The fourth-order valence-electron chi connectivity index (χ4n) is 4.82. The first-order chi connectivity index (χ1) is 15.2. The zero-order valence-electron chi connectivity index (χ0n) is 17.5. The quantitative estimate of drug-likeness (QED) is 0.355. The number of rotatable bonds is 3. The maximum Gasteiger partial charge on any atom is 0.495 e. The van der Waals surface area contributed by atoms with Gasteiger partial charge in [0.1, 0.15) is 0 Å². The van der Waals surface area contributed by atoms with Crippen molar-refractivity contribution >= 4 is 40.3 Å². The summed E-state index contributed by atoms with van der Waals surface area (Å²) in [7, 11) is 1.27. The van der Waals surface area contributed by atoms with E-state index in [1.807, 2.05) is 31.3 Å². The SMILES string of the molecule is CO[C@H](C)c1ccccc1B1O[C@H]2C=Cc3ccc4c(ncc5ccccc54)c3[C@H]2O1. The summed E-state index contributed by atoms with van der Waals surface area (Å²) in [5.41, 5.74) is 5.33. The minimum absolute atomic E-state index is 0.0392. The molecule has 0 bridgehead atoms. The highest BCUT2D eigenvalue weighted by Crippen LogP contribution is 2.42. The van der Waals surface area contributed by atoms with Crippen molar-refractivity contribution in [1.29, 1.82) is 0 Å². The molecule has 3 aromatic carbocycles. The van der Waals surface area contributed by atoms with Gasteiger partial charge in [-0.15, -0.1) is 0 Å². The predicted molar refractivity (Wildman–Crippen MR) is 124 cm³/mol. The second-order valence-corrected chi connectivity index (χ2v) is 8.17. The van der Waals surface area contributed by atoms with E-state index in [9.17, 15) is 0 Å². The van der Waals surface area contributed by atoms with Crippen LogP contribution in [0.2, 0.25) is 0 Å². The van der Waals surface area contributed by atoms with Crippen molar-refractivity contribution < 1.29 is 14.0 Å². The molecule has 1 saturated heterocycles. The second kappa shape index (κ2) is 7.31. The van der Waals surface area contributed by atoms with Crippen molar-refractivity contribution in [3.05, 3.63) is 89.6 Å². The lowest BCUT2D eigenvalue weighted by atomic mass is 9.75. The molecule has 0 N–H and O–H groups in total. The Morgan fingerprint density at radius 3 is 2.71 bits per heavy atom. The number of nitrogens with zero attached hydrogens (tertiary/aromatic N) is 1. The van der Waals surface area contributed by atoms with Gasteiger partial charge in [-0.2, -0.15) is 0 Å². The van der Waals surface area contributed by atoms with E-state index in [0.29, 0.717) is 0 Å². The van der Waals surface area contributed by atoms with E-state index in [0.717, 1.165) is 38.4 Å². The van der Waals surface area contributed by atoms with E-state index < -0.39 is 7.12 Å². The molecule has 1 aromatic heterocycles. The van der Waals surface area contributed by atoms with Crippen molar-refractivity contribution in [3.63, 3.8) is 0 Å². The molecule has 1 aliphatic carbocycles. The Kier molecular flexibility index (Phi) is 4.42. The Labute approximate surface area is 181 Å². The van der Waals surface area contributed by atoms with Crippen molar-refractivity contribution in [2.45, 2.75) is 25.2 Å². The smallest absolute Gasteiger partial charge is 0.398 e. The van der Waals surface area contributed by atoms with E-state index in [-0.39, 0.29) is 18.3 Å². The number of pyridine rings is 1. The monoisotopic (exact) mass is 407 g/mol. The zero-order chi connectivity index (χ0) is 20.9. The first-order valence-corrected chi connectivity index (χ1v) is 10.7. The number of hydrogen-bond acceptors (Lipinski definition) is 4. The highest BCUT2D eigenvalue weighted by molar-refractivity contribution is 6.62. The van der Waals surface area contributed by atoms with Crippen LogP contribution < -0.4 is 5.46 Å². The number of methoxy groups -OCH3 is 1. The number of benzene rings is 3. The minimum atomic E-state index is -0.449. The molecular weight excluding hydrogens is 385 g/mol. The van der Waals surface area contributed by atoms with Crippen molar-refractivity contribution in [1.82, 2.24) is 4.98 Å². The molecule has 6 rings (SSSR count). The fourth-order valence-corrected chi connectivity index (χ4v) is 4.82. The Balaban J connectivity index is 1.46. The minimum Gasteiger partial charge on any atom is -0.398 e. The summed E-state index contributed by atoms with van der Waals surface area (Å²) in [5, 5.41) is 3.49. The van der Waals surface area contributed by atoms with Crippen LogP contribution in [0.15, 0.2) is 72.9 Å². The molecule has 0 amide bonds. The molecule has 0 saturated carbocycles. The van der Waals surface area contributed by atoms with Crippen LogP contribution in [0.25, 0.3) is 27.8 Å². The normalized spacial score (nSPS) is 20.8. The average molecular weight is 407 g/mol. The Bertz CT molecular complexity index is 1340. The average Bonchev–Trinajstić information content (AvgIpc) is 3.27. The third kappa shape index (κ3) is 2.93. The molecule has 5 heteroatoms. The van der Waals surface area contributed by atoms with Gasteiger partial charge in [-0.3, -0.25) is 4.98 Å².